The molecular weight excluding hydrogens is 374 g/mol. The fourth-order valence-corrected chi connectivity index (χ4v) is 5.61. The van der Waals surface area contributed by atoms with Gasteiger partial charge >= 0.3 is 0 Å². The summed E-state index contributed by atoms with van der Waals surface area (Å²) in [6.45, 7) is 7.31. The summed E-state index contributed by atoms with van der Waals surface area (Å²) in [6, 6.07) is 0. The second-order valence-corrected chi connectivity index (χ2v) is 8.90. The number of carbonyl (C=O) groups is 1. The Morgan fingerprint density at radius 3 is 2.89 bits per heavy atom. The number of thiazole rings is 1. The van der Waals surface area contributed by atoms with Crippen LogP contribution in [0.4, 0.5) is 0 Å². The molecule has 0 aromatic carbocycles. The third-order valence-corrected chi connectivity index (χ3v) is 7.15. The van der Waals surface area contributed by atoms with E-state index in [2.05, 4.69) is 15.4 Å². The molecule has 5 rings (SSSR count). The second-order valence-electron chi connectivity index (χ2n) is 7.81. The number of H-pyrrole nitrogens is 1. The van der Waals surface area contributed by atoms with Gasteiger partial charge in [-0.15, -0.1) is 11.3 Å². The Labute approximate surface area is 167 Å². The van der Waals surface area contributed by atoms with Gasteiger partial charge in [0, 0.05) is 48.0 Å². The van der Waals surface area contributed by atoms with Crippen LogP contribution in [0.1, 0.15) is 45.4 Å². The number of amides is 1. The Morgan fingerprint density at radius 1 is 1.25 bits per heavy atom. The molecule has 0 fully saturated rings. The summed E-state index contributed by atoms with van der Waals surface area (Å²) in [5.74, 6) is 1.07. The van der Waals surface area contributed by atoms with E-state index in [1.165, 1.54) is 10.4 Å². The average molecular weight is 398 g/mol. The Kier molecular flexibility index (Phi) is 4.12. The lowest BCUT2D eigenvalue weighted by Gasteiger charge is -2.31. The van der Waals surface area contributed by atoms with Crippen LogP contribution in [0.5, 0.6) is 0 Å². The minimum atomic E-state index is 0.0147. The molecule has 0 bridgehead atoms. The summed E-state index contributed by atoms with van der Waals surface area (Å²) >= 11 is 1.72. The van der Waals surface area contributed by atoms with Crippen LogP contribution in [0, 0.1) is 26.7 Å². The van der Waals surface area contributed by atoms with Gasteiger partial charge in [-0.3, -0.25) is 9.89 Å². The van der Waals surface area contributed by atoms with Crippen molar-refractivity contribution in [1.29, 1.82) is 0 Å². The first-order valence-corrected chi connectivity index (χ1v) is 10.6. The van der Waals surface area contributed by atoms with Crippen molar-refractivity contribution < 1.29 is 9.32 Å². The van der Waals surface area contributed by atoms with E-state index in [1.807, 2.05) is 25.7 Å². The van der Waals surface area contributed by atoms with Crippen LogP contribution < -0.4 is 0 Å². The molecule has 0 radical (unpaired) electrons. The molecule has 1 aliphatic heterocycles. The number of aromatic nitrogens is 4. The van der Waals surface area contributed by atoms with E-state index in [1.54, 1.807) is 11.3 Å². The van der Waals surface area contributed by atoms with E-state index in [-0.39, 0.29) is 11.8 Å². The van der Waals surface area contributed by atoms with Gasteiger partial charge in [-0.25, -0.2) is 4.98 Å². The first-order valence-electron chi connectivity index (χ1n) is 9.74. The lowest BCUT2D eigenvalue weighted by molar-refractivity contribution is -0.136. The van der Waals surface area contributed by atoms with E-state index >= 15 is 0 Å². The molecule has 1 amide bonds. The van der Waals surface area contributed by atoms with Crippen molar-refractivity contribution in [2.24, 2.45) is 5.92 Å². The van der Waals surface area contributed by atoms with Crippen molar-refractivity contribution in [1.82, 2.24) is 25.2 Å². The molecule has 0 spiro atoms. The van der Waals surface area contributed by atoms with Gasteiger partial charge < -0.3 is 9.42 Å². The standard InChI is InChI=1S/C20H23N5O2S/c1-10-14-9-25(7-6-15(14)23-22-10)20(26)13-4-5-17-16(8-13)21-19(28-17)18-11(2)24-27-12(18)3/h13H,4-9H2,1-3H3,(H,22,23). The SMILES string of the molecule is Cc1noc(C)c1-c1nc2c(s1)CCC(C(=O)N1CCc3n[nH]c(C)c3C1)C2. The van der Waals surface area contributed by atoms with Crippen LogP contribution in [-0.2, 0) is 30.6 Å². The molecule has 2 aliphatic rings. The fourth-order valence-electron chi connectivity index (χ4n) is 4.36. The predicted octanol–water partition coefficient (Wildman–Crippen LogP) is 3.14. The van der Waals surface area contributed by atoms with Crippen LogP contribution >= 0.6 is 11.3 Å². The van der Waals surface area contributed by atoms with Gasteiger partial charge in [0.2, 0.25) is 5.91 Å². The summed E-state index contributed by atoms with van der Waals surface area (Å²) in [5, 5.41) is 12.4. The van der Waals surface area contributed by atoms with E-state index in [0.29, 0.717) is 6.54 Å². The van der Waals surface area contributed by atoms with Crippen molar-refractivity contribution in [3.63, 3.8) is 0 Å². The van der Waals surface area contributed by atoms with E-state index in [4.69, 9.17) is 9.51 Å². The zero-order chi connectivity index (χ0) is 19.4. The smallest absolute Gasteiger partial charge is 0.226 e. The molecule has 7 nitrogen and oxygen atoms in total. The number of nitrogens with zero attached hydrogens (tertiary/aromatic N) is 4. The molecule has 146 valence electrons. The van der Waals surface area contributed by atoms with Crippen molar-refractivity contribution >= 4 is 17.2 Å². The van der Waals surface area contributed by atoms with Gasteiger partial charge in [-0.05, 0) is 33.6 Å². The topological polar surface area (TPSA) is 87.9 Å². The maximum absolute atomic E-state index is 13.2. The Balaban J connectivity index is 1.35. The summed E-state index contributed by atoms with van der Waals surface area (Å²) in [7, 11) is 0. The molecule has 1 atom stereocenters. The average Bonchev–Trinajstić information content (AvgIpc) is 3.37. The number of hydrogen-bond acceptors (Lipinski definition) is 6. The number of fused-ring (bicyclic) bond motifs is 2. The largest absolute Gasteiger partial charge is 0.361 e. The maximum Gasteiger partial charge on any atom is 0.226 e. The highest BCUT2D eigenvalue weighted by molar-refractivity contribution is 7.15. The van der Waals surface area contributed by atoms with E-state index < -0.39 is 0 Å². The van der Waals surface area contributed by atoms with Gasteiger partial charge in [0.05, 0.1) is 22.6 Å². The number of aryl methyl sites for hydroxylation is 4. The van der Waals surface area contributed by atoms with Crippen LogP contribution in [0.3, 0.4) is 0 Å². The monoisotopic (exact) mass is 397 g/mol. The third-order valence-electron chi connectivity index (χ3n) is 5.97. The van der Waals surface area contributed by atoms with Crippen LogP contribution in [0.2, 0.25) is 0 Å². The van der Waals surface area contributed by atoms with E-state index in [9.17, 15) is 4.79 Å². The maximum atomic E-state index is 13.2. The van der Waals surface area contributed by atoms with Gasteiger partial charge in [-0.1, -0.05) is 5.16 Å². The number of nitrogens with one attached hydrogen (secondary N) is 1. The zero-order valence-electron chi connectivity index (χ0n) is 16.3. The third kappa shape index (κ3) is 2.78. The predicted molar refractivity (Wildman–Crippen MR) is 105 cm³/mol. The molecule has 3 aromatic rings. The van der Waals surface area contributed by atoms with Crippen molar-refractivity contribution in [3.05, 3.63) is 39.0 Å². The molecule has 4 heterocycles. The minimum Gasteiger partial charge on any atom is -0.361 e. The lowest BCUT2D eigenvalue weighted by Crippen LogP contribution is -2.41. The molecular formula is C20H23N5O2S. The fraction of sp³-hybridized carbons (Fsp3) is 0.500. The van der Waals surface area contributed by atoms with Crippen LogP contribution in [0.15, 0.2) is 4.52 Å². The molecule has 3 aromatic heterocycles. The summed E-state index contributed by atoms with van der Waals surface area (Å²) in [6.07, 6.45) is 3.36. The normalized spacial score (nSPS) is 18.8. The Hall–Kier alpha value is -2.48. The van der Waals surface area contributed by atoms with Gasteiger partial charge in [0.1, 0.15) is 10.8 Å². The zero-order valence-corrected chi connectivity index (χ0v) is 17.2. The number of carbonyl (C=O) groups excluding carboxylic acids is 1. The van der Waals surface area contributed by atoms with E-state index in [0.717, 1.165) is 71.3 Å². The number of hydrogen-bond donors (Lipinski definition) is 1. The first-order chi connectivity index (χ1) is 13.5. The first kappa shape index (κ1) is 17.6. The molecule has 8 heteroatoms. The van der Waals surface area contributed by atoms with Crippen molar-refractivity contribution in [3.8, 4) is 10.6 Å². The highest BCUT2D eigenvalue weighted by atomic mass is 32.1. The van der Waals surface area contributed by atoms with Crippen molar-refractivity contribution in [2.75, 3.05) is 6.54 Å². The Bertz CT molecular complexity index is 1040. The minimum absolute atomic E-state index is 0.0147. The van der Waals surface area contributed by atoms with Crippen LogP contribution in [0.25, 0.3) is 10.6 Å². The highest BCUT2D eigenvalue weighted by Gasteiger charge is 2.33. The number of rotatable bonds is 2. The molecule has 0 saturated carbocycles. The lowest BCUT2D eigenvalue weighted by atomic mass is 9.89. The van der Waals surface area contributed by atoms with Crippen molar-refractivity contribution in [2.45, 2.75) is 53.0 Å². The highest BCUT2D eigenvalue weighted by Crippen LogP contribution is 2.37. The number of aromatic amines is 1. The van der Waals surface area contributed by atoms with Gasteiger partial charge in [-0.2, -0.15) is 5.10 Å². The molecule has 1 aliphatic carbocycles. The molecule has 28 heavy (non-hydrogen) atoms. The van der Waals surface area contributed by atoms with Gasteiger partial charge in [0.15, 0.2) is 0 Å². The molecule has 1 unspecified atom stereocenters. The molecule has 0 saturated heterocycles. The second kappa shape index (κ2) is 6.55. The summed E-state index contributed by atoms with van der Waals surface area (Å²) in [4.78, 5) is 21.4. The summed E-state index contributed by atoms with van der Waals surface area (Å²) in [5.41, 5.74) is 6.31. The molecule has 1 N–H and O–H groups in total. The van der Waals surface area contributed by atoms with Gasteiger partial charge in [0.25, 0.3) is 0 Å². The van der Waals surface area contributed by atoms with Crippen LogP contribution in [-0.4, -0.2) is 37.7 Å². The quantitative estimate of drug-likeness (QED) is 0.718. The summed E-state index contributed by atoms with van der Waals surface area (Å²) < 4.78 is 5.30. The Morgan fingerprint density at radius 2 is 2.11 bits per heavy atom.